The van der Waals surface area contributed by atoms with Gasteiger partial charge in [-0.2, -0.15) is 0 Å². The van der Waals surface area contributed by atoms with Crippen LogP contribution < -0.4 is 10.5 Å². The first-order chi connectivity index (χ1) is 7.07. The van der Waals surface area contributed by atoms with Gasteiger partial charge in [0.15, 0.2) is 0 Å². The van der Waals surface area contributed by atoms with Crippen molar-refractivity contribution >= 4 is 15.9 Å². The Morgan fingerprint density at radius 2 is 2.07 bits per heavy atom. The van der Waals surface area contributed by atoms with Crippen LogP contribution in [0.4, 0.5) is 0 Å². The van der Waals surface area contributed by atoms with Gasteiger partial charge in [-0.3, -0.25) is 0 Å². The third kappa shape index (κ3) is 2.51. The molecule has 0 saturated carbocycles. The molecule has 0 aliphatic rings. The average Bonchev–Trinajstić information content (AvgIpc) is 2.27. The lowest BCUT2D eigenvalue weighted by molar-refractivity contribution is 0.00944. The van der Waals surface area contributed by atoms with Gasteiger partial charge in [0.1, 0.15) is 11.4 Å². The highest BCUT2D eigenvalue weighted by Gasteiger charge is 2.26. The molecule has 0 bridgehead atoms. The molecule has 0 spiro atoms. The molecule has 3 nitrogen and oxygen atoms in total. The van der Waals surface area contributed by atoms with Crippen molar-refractivity contribution < 1.29 is 9.47 Å². The average molecular weight is 274 g/mol. The Kier molecular flexibility index (Phi) is 4.13. The number of hydrogen-bond acceptors (Lipinski definition) is 3. The standard InChI is InChI=1S/C11H16BrNO2/c1-11(7-13,15-3)9-5-4-8(14-2)6-10(9)12/h4-6H,7,13H2,1-3H3. The number of hydrogen-bond donors (Lipinski definition) is 1. The number of methoxy groups -OCH3 is 2. The van der Waals surface area contributed by atoms with Crippen molar-refractivity contribution in [3.05, 3.63) is 28.2 Å². The lowest BCUT2D eigenvalue weighted by atomic mass is 9.96. The largest absolute Gasteiger partial charge is 0.497 e. The van der Waals surface area contributed by atoms with Gasteiger partial charge in [-0.05, 0) is 24.6 Å². The molecule has 84 valence electrons. The van der Waals surface area contributed by atoms with E-state index < -0.39 is 5.60 Å². The number of rotatable bonds is 4. The van der Waals surface area contributed by atoms with E-state index in [1.54, 1.807) is 14.2 Å². The summed E-state index contributed by atoms with van der Waals surface area (Å²) in [5.74, 6) is 0.807. The molecule has 0 aliphatic heterocycles. The van der Waals surface area contributed by atoms with Crippen LogP contribution in [0.25, 0.3) is 0 Å². The number of benzene rings is 1. The summed E-state index contributed by atoms with van der Waals surface area (Å²) in [7, 11) is 3.30. The molecule has 1 rings (SSSR count). The molecule has 0 heterocycles. The molecule has 0 saturated heterocycles. The van der Waals surface area contributed by atoms with Gasteiger partial charge in [-0.25, -0.2) is 0 Å². The molecule has 1 aromatic rings. The maximum absolute atomic E-state index is 5.71. The van der Waals surface area contributed by atoms with E-state index in [1.807, 2.05) is 25.1 Å². The van der Waals surface area contributed by atoms with Gasteiger partial charge in [0.2, 0.25) is 0 Å². The smallest absolute Gasteiger partial charge is 0.120 e. The first-order valence-electron chi connectivity index (χ1n) is 4.66. The van der Waals surface area contributed by atoms with Crippen molar-refractivity contribution in [3.8, 4) is 5.75 Å². The zero-order valence-corrected chi connectivity index (χ0v) is 10.8. The van der Waals surface area contributed by atoms with Gasteiger partial charge in [0.25, 0.3) is 0 Å². The second-order valence-corrected chi connectivity index (χ2v) is 4.34. The van der Waals surface area contributed by atoms with E-state index in [-0.39, 0.29) is 0 Å². The monoisotopic (exact) mass is 273 g/mol. The summed E-state index contributed by atoms with van der Waals surface area (Å²) in [5, 5.41) is 0. The van der Waals surface area contributed by atoms with Crippen LogP contribution in [0.2, 0.25) is 0 Å². The van der Waals surface area contributed by atoms with Gasteiger partial charge in [-0.1, -0.05) is 22.0 Å². The van der Waals surface area contributed by atoms with E-state index in [0.717, 1.165) is 15.8 Å². The van der Waals surface area contributed by atoms with Crippen molar-refractivity contribution in [2.45, 2.75) is 12.5 Å². The minimum atomic E-state index is -0.467. The summed E-state index contributed by atoms with van der Waals surface area (Å²) in [5.41, 5.74) is 6.27. The predicted octanol–water partition coefficient (Wildman–Crippen LogP) is 2.28. The third-order valence-corrected chi connectivity index (χ3v) is 3.24. The van der Waals surface area contributed by atoms with Crippen molar-refractivity contribution in [2.24, 2.45) is 5.73 Å². The Morgan fingerprint density at radius 3 is 2.47 bits per heavy atom. The summed E-state index contributed by atoms with van der Waals surface area (Å²) in [4.78, 5) is 0. The highest BCUT2D eigenvalue weighted by Crippen LogP contribution is 2.32. The summed E-state index contributed by atoms with van der Waals surface area (Å²) in [6.45, 7) is 2.38. The van der Waals surface area contributed by atoms with Crippen LogP contribution in [0.3, 0.4) is 0 Å². The summed E-state index contributed by atoms with van der Waals surface area (Å²) in [6.07, 6.45) is 0. The fourth-order valence-electron chi connectivity index (χ4n) is 1.35. The van der Waals surface area contributed by atoms with Crippen LogP contribution in [0.1, 0.15) is 12.5 Å². The summed E-state index contributed by atoms with van der Waals surface area (Å²) < 4.78 is 11.5. The Balaban J connectivity index is 3.14. The van der Waals surface area contributed by atoms with E-state index in [9.17, 15) is 0 Å². The fourth-order valence-corrected chi connectivity index (χ4v) is 2.13. The van der Waals surface area contributed by atoms with Crippen LogP contribution in [-0.4, -0.2) is 20.8 Å². The normalized spacial score (nSPS) is 14.7. The molecule has 0 radical (unpaired) electrons. The minimum Gasteiger partial charge on any atom is -0.497 e. The molecule has 0 aliphatic carbocycles. The summed E-state index contributed by atoms with van der Waals surface area (Å²) in [6, 6.07) is 5.76. The van der Waals surface area contributed by atoms with Gasteiger partial charge >= 0.3 is 0 Å². The van der Waals surface area contributed by atoms with Crippen LogP contribution in [-0.2, 0) is 10.3 Å². The maximum atomic E-state index is 5.71. The fraction of sp³-hybridized carbons (Fsp3) is 0.455. The van der Waals surface area contributed by atoms with Crippen molar-refractivity contribution in [3.63, 3.8) is 0 Å². The topological polar surface area (TPSA) is 44.5 Å². The summed E-state index contributed by atoms with van der Waals surface area (Å²) >= 11 is 3.49. The van der Waals surface area contributed by atoms with Crippen molar-refractivity contribution in [1.29, 1.82) is 0 Å². The Hall–Kier alpha value is -0.580. The first kappa shape index (κ1) is 12.5. The van der Waals surface area contributed by atoms with Crippen LogP contribution in [0.15, 0.2) is 22.7 Å². The zero-order chi connectivity index (χ0) is 11.5. The minimum absolute atomic E-state index is 0.425. The molecular formula is C11H16BrNO2. The zero-order valence-electron chi connectivity index (χ0n) is 9.21. The van der Waals surface area contributed by atoms with Crippen molar-refractivity contribution in [2.75, 3.05) is 20.8 Å². The van der Waals surface area contributed by atoms with Crippen LogP contribution in [0.5, 0.6) is 5.75 Å². The Morgan fingerprint density at radius 1 is 1.40 bits per heavy atom. The number of nitrogens with two attached hydrogens (primary N) is 1. The highest BCUT2D eigenvalue weighted by molar-refractivity contribution is 9.10. The molecule has 0 amide bonds. The molecule has 1 aromatic carbocycles. The molecule has 2 N–H and O–H groups in total. The predicted molar refractivity (Wildman–Crippen MR) is 64.1 cm³/mol. The van der Waals surface area contributed by atoms with Gasteiger partial charge in [0.05, 0.1) is 7.11 Å². The van der Waals surface area contributed by atoms with Gasteiger partial charge < -0.3 is 15.2 Å². The van der Waals surface area contributed by atoms with Crippen LogP contribution >= 0.6 is 15.9 Å². The van der Waals surface area contributed by atoms with Crippen LogP contribution in [0, 0.1) is 0 Å². The second-order valence-electron chi connectivity index (χ2n) is 3.48. The molecule has 4 heteroatoms. The second kappa shape index (κ2) is 4.96. The number of ether oxygens (including phenoxy) is 2. The Labute approximate surface area is 98.7 Å². The Bertz CT molecular complexity index is 337. The number of halogens is 1. The molecule has 0 aromatic heterocycles. The molecule has 1 atom stereocenters. The van der Waals surface area contributed by atoms with E-state index in [2.05, 4.69) is 15.9 Å². The highest BCUT2D eigenvalue weighted by atomic mass is 79.9. The van der Waals surface area contributed by atoms with Crippen molar-refractivity contribution in [1.82, 2.24) is 0 Å². The molecule has 1 unspecified atom stereocenters. The van der Waals surface area contributed by atoms with E-state index >= 15 is 0 Å². The lowest BCUT2D eigenvalue weighted by Gasteiger charge is -2.28. The molecule has 0 fully saturated rings. The van der Waals surface area contributed by atoms with E-state index in [1.165, 1.54) is 0 Å². The lowest BCUT2D eigenvalue weighted by Crippen LogP contribution is -2.34. The van der Waals surface area contributed by atoms with Gasteiger partial charge in [0, 0.05) is 18.1 Å². The van der Waals surface area contributed by atoms with E-state index in [0.29, 0.717) is 6.54 Å². The van der Waals surface area contributed by atoms with Gasteiger partial charge in [-0.15, -0.1) is 0 Å². The van der Waals surface area contributed by atoms with E-state index in [4.69, 9.17) is 15.2 Å². The maximum Gasteiger partial charge on any atom is 0.120 e. The molecule has 15 heavy (non-hydrogen) atoms. The first-order valence-corrected chi connectivity index (χ1v) is 5.46. The quantitative estimate of drug-likeness (QED) is 0.916. The SMILES string of the molecule is COc1ccc(C(C)(CN)OC)c(Br)c1. The molecular weight excluding hydrogens is 258 g/mol. The third-order valence-electron chi connectivity index (χ3n) is 2.59.